The molecule has 0 unspecified atom stereocenters. The number of ether oxygens (including phenoxy) is 1. The summed E-state index contributed by atoms with van der Waals surface area (Å²) in [5.74, 6) is 0.756. The van der Waals surface area contributed by atoms with Crippen molar-refractivity contribution in [2.75, 3.05) is 0 Å². The molecule has 6 rings (SSSR count). The number of halogens is 3. The third-order valence-corrected chi connectivity index (χ3v) is 7.45. The average Bonchev–Trinajstić information content (AvgIpc) is 3.39. The highest BCUT2D eigenvalue weighted by atomic mass is 79.9. The Morgan fingerprint density at radius 3 is 2.69 bits per heavy atom. The fourth-order valence-corrected chi connectivity index (χ4v) is 5.15. The van der Waals surface area contributed by atoms with Gasteiger partial charge in [0.2, 0.25) is 5.82 Å². The molecule has 0 fully saturated rings. The van der Waals surface area contributed by atoms with Crippen molar-refractivity contribution in [1.29, 1.82) is 0 Å². The standard InChI is InChI=1S/C30H17BrCl2N4O5/c31-20-6-9-27-18(11-20)13-28(42-27)29-35-25-4-2-1-3-23(25)30(38)36(29)34-15-19-12-22(37(39)40)8-10-26(19)41-16-17-5-7-21(32)14-24(17)33/h1-15H,16H2. The van der Waals surface area contributed by atoms with Gasteiger partial charge in [0.15, 0.2) is 5.76 Å². The van der Waals surface area contributed by atoms with Gasteiger partial charge in [-0.1, -0.05) is 57.3 Å². The number of rotatable bonds is 7. The van der Waals surface area contributed by atoms with Crippen LogP contribution in [0.25, 0.3) is 33.5 Å². The van der Waals surface area contributed by atoms with Crippen LogP contribution in [0.3, 0.4) is 0 Å². The number of nitrogens with zero attached hydrogens (tertiary/aromatic N) is 4. The highest BCUT2D eigenvalue weighted by Crippen LogP contribution is 2.30. The summed E-state index contributed by atoms with van der Waals surface area (Å²) in [7, 11) is 0. The quantitative estimate of drug-likeness (QED) is 0.0966. The zero-order valence-corrected chi connectivity index (χ0v) is 24.4. The van der Waals surface area contributed by atoms with Crippen LogP contribution in [-0.2, 0) is 6.61 Å². The van der Waals surface area contributed by atoms with Crippen LogP contribution in [0, 0.1) is 10.1 Å². The van der Waals surface area contributed by atoms with Gasteiger partial charge in [-0.2, -0.15) is 9.78 Å². The summed E-state index contributed by atoms with van der Waals surface area (Å²) < 4.78 is 14.0. The molecule has 0 spiro atoms. The van der Waals surface area contributed by atoms with E-state index in [0.717, 1.165) is 14.5 Å². The number of aromatic nitrogens is 2. The van der Waals surface area contributed by atoms with Crippen molar-refractivity contribution in [2.45, 2.75) is 6.61 Å². The number of non-ortho nitro benzene ring substituents is 1. The molecule has 4 aromatic carbocycles. The number of nitro benzene ring substituents is 1. The lowest BCUT2D eigenvalue weighted by molar-refractivity contribution is -0.384. The van der Waals surface area contributed by atoms with E-state index in [1.54, 1.807) is 54.6 Å². The molecule has 0 aliphatic carbocycles. The Hall–Kier alpha value is -4.51. The molecule has 42 heavy (non-hydrogen) atoms. The van der Waals surface area contributed by atoms with Crippen LogP contribution in [0.4, 0.5) is 5.69 Å². The van der Waals surface area contributed by atoms with Crippen LogP contribution in [-0.4, -0.2) is 20.8 Å². The van der Waals surface area contributed by atoms with Gasteiger partial charge in [0.25, 0.3) is 11.2 Å². The van der Waals surface area contributed by atoms with Gasteiger partial charge in [0.1, 0.15) is 17.9 Å². The van der Waals surface area contributed by atoms with E-state index in [1.807, 2.05) is 12.1 Å². The number of hydrogen-bond donors (Lipinski definition) is 0. The van der Waals surface area contributed by atoms with Crippen LogP contribution in [0.2, 0.25) is 10.0 Å². The minimum Gasteiger partial charge on any atom is -0.488 e. The fourth-order valence-electron chi connectivity index (χ4n) is 4.31. The van der Waals surface area contributed by atoms with Gasteiger partial charge in [-0.15, -0.1) is 0 Å². The zero-order valence-electron chi connectivity index (χ0n) is 21.3. The number of benzene rings is 4. The molecular formula is C30H17BrCl2N4O5. The lowest BCUT2D eigenvalue weighted by Gasteiger charge is -2.11. The van der Waals surface area contributed by atoms with Gasteiger partial charge >= 0.3 is 0 Å². The van der Waals surface area contributed by atoms with Gasteiger partial charge in [-0.25, -0.2) is 4.98 Å². The van der Waals surface area contributed by atoms with E-state index in [9.17, 15) is 14.9 Å². The Morgan fingerprint density at radius 1 is 1.05 bits per heavy atom. The van der Waals surface area contributed by atoms with Crippen molar-refractivity contribution in [3.05, 3.63) is 131 Å². The van der Waals surface area contributed by atoms with Crippen LogP contribution >= 0.6 is 39.1 Å². The lowest BCUT2D eigenvalue weighted by Crippen LogP contribution is -2.20. The third kappa shape index (κ3) is 5.52. The molecule has 0 amide bonds. The van der Waals surface area contributed by atoms with E-state index >= 15 is 0 Å². The molecule has 0 aliphatic rings. The molecule has 208 valence electrons. The minimum absolute atomic E-state index is 0.0614. The van der Waals surface area contributed by atoms with Crippen molar-refractivity contribution in [2.24, 2.45) is 5.10 Å². The summed E-state index contributed by atoms with van der Waals surface area (Å²) in [5.41, 5.74) is 1.35. The highest BCUT2D eigenvalue weighted by molar-refractivity contribution is 9.10. The first-order valence-electron chi connectivity index (χ1n) is 12.4. The van der Waals surface area contributed by atoms with Gasteiger partial charge in [-0.3, -0.25) is 14.9 Å². The van der Waals surface area contributed by atoms with Crippen LogP contribution in [0.15, 0.2) is 104 Å². The van der Waals surface area contributed by atoms with Crippen molar-refractivity contribution in [3.63, 3.8) is 0 Å². The maximum atomic E-state index is 13.6. The molecule has 12 heteroatoms. The smallest absolute Gasteiger partial charge is 0.282 e. The Morgan fingerprint density at radius 2 is 1.88 bits per heavy atom. The number of nitro groups is 1. The molecular weight excluding hydrogens is 647 g/mol. The molecule has 0 N–H and O–H groups in total. The van der Waals surface area contributed by atoms with Gasteiger partial charge in [0.05, 0.1) is 22.0 Å². The monoisotopic (exact) mass is 662 g/mol. The largest absolute Gasteiger partial charge is 0.488 e. The van der Waals surface area contributed by atoms with Crippen molar-refractivity contribution in [1.82, 2.24) is 9.66 Å². The minimum atomic E-state index is -0.529. The topological polar surface area (TPSA) is 113 Å². The van der Waals surface area contributed by atoms with Gasteiger partial charge in [-0.05, 0) is 54.6 Å². The van der Waals surface area contributed by atoms with E-state index in [0.29, 0.717) is 37.9 Å². The first kappa shape index (κ1) is 27.6. The summed E-state index contributed by atoms with van der Waals surface area (Å²) >= 11 is 15.7. The van der Waals surface area contributed by atoms with E-state index < -0.39 is 10.5 Å². The summed E-state index contributed by atoms with van der Waals surface area (Å²) in [5, 5.41) is 18.0. The molecule has 0 saturated carbocycles. The highest BCUT2D eigenvalue weighted by Gasteiger charge is 2.18. The second kappa shape index (κ2) is 11.4. The summed E-state index contributed by atoms with van der Waals surface area (Å²) in [6.07, 6.45) is 1.31. The average molecular weight is 664 g/mol. The van der Waals surface area contributed by atoms with Gasteiger partial charge < -0.3 is 9.15 Å². The third-order valence-electron chi connectivity index (χ3n) is 6.37. The maximum absolute atomic E-state index is 13.6. The van der Waals surface area contributed by atoms with E-state index in [1.165, 1.54) is 24.4 Å². The van der Waals surface area contributed by atoms with Crippen LogP contribution < -0.4 is 10.3 Å². The Bertz CT molecular complexity index is 2110. The second-order valence-corrected chi connectivity index (χ2v) is 10.9. The first-order chi connectivity index (χ1) is 20.3. The molecule has 6 aromatic rings. The van der Waals surface area contributed by atoms with Crippen molar-refractivity contribution < 1.29 is 14.1 Å². The van der Waals surface area contributed by atoms with E-state index in [4.69, 9.17) is 32.4 Å². The molecule has 2 heterocycles. The van der Waals surface area contributed by atoms with Crippen molar-refractivity contribution in [3.8, 4) is 17.3 Å². The number of hydrogen-bond acceptors (Lipinski definition) is 7. The molecule has 0 radical (unpaired) electrons. The normalized spacial score (nSPS) is 11.5. The summed E-state index contributed by atoms with van der Waals surface area (Å²) in [6.45, 7) is 0.0614. The SMILES string of the molecule is O=c1c2ccccc2nc(-c2cc3cc(Br)ccc3o2)n1N=Cc1cc([N+](=O)[O-])ccc1OCc1ccc(Cl)cc1Cl. The number of para-hydroxylation sites is 1. The second-order valence-electron chi connectivity index (χ2n) is 9.11. The molecule has 9 nitrogen and oxygen atoms in total. The first-order valence-corrected chi connectivity index (χ1v) is 13.9. The lowest BCUT2D eigenvalue weighted by atomic mass is 10.2. The summed E-state index contributed by atoms with van der Waals surface area (Å²) in [6, 6.07) is 23.3. The Balaban J connectivity index is 1.46. The Labute approximate surface area is 255 Å². The van der Waals surface area contributed by atoms with E-state index in [2.05, 4.69) is 26.0 Å². The summed E-state index contributed by atoms with van der Waals surface area (Å²) in [4.78, 5) is 29.3. The predicted octanol–water partition coefficient (Wildman–Crippen LogP) is 8.25. The number of furan rings is 1. The Kier molecular flexibility index (Phi) is 7.51. The molecule has 0 bridgehead atoms. The van der Waals surface area contributed by atoms with Crippen LogP contribution in [0.5, 0.6) is 5.75 Å². The molecule has 0 atom stereocenters. The maximum Gasteiger partial charge on any atom is 0.282 e. The predicted molar refractivity (Wildman–Crippen MR) is 166 cm³/mol. The molecule has 2 aromatic heterocycles. The van der Waals surface area contributed by atoms with E-state index in [-0.39, 0.29) is 29.4 Å². The molecule has 0 saturated heterocycles. The van der Waals surface area contributed by atoms with Crippen molar-refractivity contribution >= 4 is 72.9 Å². The number of fused-ring (bicyclic) bond motifs is 2. The zero-order chi connectivity index (χ0) is 29.4. The van der Waals surface area contributed by atoms with Gasteiger partial charge in [0, 0.05) is 43.2 Å². The molecule has 0 aliphatic heterocycles. The van der Waals surface area contributed by atoms with Crippen LogP contribution in [0.1, 0.15) is 11.1 Å². The fraction of sp³-hybridized carbons (Fsp3) is 0.0333.